The second-order valence-electron chi connectivity index (χ2n) is 7.27. The standard InChI is InChI=1S/C21H29N3O3/c1-4-15(2)27-21(25)17-12-10-16(11-13-17)14-26-19-9-7-5-6-8-18-20(19)22-23-24(18)3/h10-13,15,19H,4-9,14H2,1-3H3. The minimum Gasteiger partial charge on any atom is -0.459 e. The summed E-state index contributed by atoms with van der Waals surface area (Å²) >= 11 is 0. The van der Waals surface area contributed by atoms with Crippen molar-refractivity contribution in [3.8, 4) is 0 Å². The van der Waals surface area contributed by atoms with Gasteiger partial charge in [0.15, 0.2) is 0 Å². The molecule has 1 aliphatic rings. The topological polar surface area (TPSA) is 66.2 Å². The molecule has 0 aliphatic heterocycles. The average Bonchev–Trinajstić information content (AvgIpc) is 3.01. The molecule has 0 fully saturated rings. The number of aromatic nitrogens is 3. The highest BCUT2D eigenvalue weighted by Crippen LogP contribution is 2.29. The van der Waals surface area contributed by atoms with Crippen molar-refractivity contribution in [2.45, 2.75) is 71.2 Å². The summed E-state index contributed by atoms with van der Waals surface area (Å²) in [5.41, 5.74) is 3.76. The maximum Gasteiger partial charge on any atom is 0.338 e. The normalized spacial score (nSPS) is 18.3. The summed E-state index contributed by atoms with van der Waals surface area (Å²) in [6, 6.07) is 7.45. The van der Waals surface area contributed by atoms with E-state index in [1.807, 2.05) is 37.7 Å². The van der Waals surface area contributed by atoms with E-state index in [2.05, 4.69) is 10.3 Å². The maximum atomic E-state index is 12.1. The summed E-state index contributed by atoms with van der Waals surface area (Å²) in [7, 11) is 1.95. The highest BCUT2D eigenvalue weighted by Gasteiger charge is 2.23. The van der Waals surface area contributed by atoms with E-state index >= 15 is 0 Å². The molecule has 3 rings (SSSR count). The van der Waals surface area contributed by atoms with Crippen LogP contribution in [0.2, 0.25) is 0 Å². The maximum absolute atomic E-state index is 12.1. The van der Waals surface area contributed by atoms with E-state index in [4.69, 9.17) is 9.47 Å². The number of fused-ring (bicyclic) bond motifs is 1. The van der Waals surface area contributed by atoms with Gasteiger partial charge in [0.1, 0.15) is 11.8 Å². The third-order valence-electron chi connectivity index (χ3n) is 5.18. The van der Waals surface area contributed by atoms with Crippen molar-refractivity contribution in [1.82, 2.24) is 15.0 Å². The molecule has 0 N–H and O–H groups in total. The minimum absolute atomic E-state index is 0.0240. The summed E-state index contributed by atoms with van der Waals surface area (Å²) in [4.78, 5) is 12.1. The van der Waals surface area contributed by atoms with Crippen molar-refractivity contribution in [2.75, 3.05) is 0 Å². The lowest BCUT2D eigenvalue weighted by molar-refractivity contribution is 0.0274. The molecule has 1 aromatic carbocycles. The number of hydrogen-bond acceptors (Lipinski definition) is 5. The van der Waals surface area contributed by atoms with Gasteiger partial charge in [0, 0.05) is 7.05 Å². The predicted molar refractivity (Wildman–Crippen MR) is 102 cm³/mol. The van der Waals surface area contributed by atoms with Gasteiger partial charge in [-0.1, -0.05) is 37.1 Å². The molecule has 6 nitrogen and oxygen atoms in total. The Morgan fingerprint density at radius 2 is 2.04 bits per heavy atom. The van der Waals surface area contributed by atoms with Gasteiger partial charge < -0.3 is 9.47 Å². The van der Waals surface area contributed by atoms with Crippen LogP contribution in [-0.2, 0) is 29.5 Å². The number of benzene rings is 1. The number of carbonyl (C=O) groups is 1. The Morgan fingerprint density at radius 1 is 1.26 bits per heavy atom. The lowest BCUT2D eigenvalue weighted by atomic mass is 9.99. The molecular weight excluding hydrogens is 342 g/mol. The monoisotopic (exact) mass is 371 g/mol. The van der Waals surface area contributed by atoms with E-state index in [1.165, 1.54) is 18.5 Å². The van der Waals surface area contributed by atoms with Gasteiger partial charge in [0.05, 0.1) is 24.0 Å². The first kappa shape index (κ1) is 19.5. The molecule has 146 valence electrons. The molecule has 1 heterocycles. The highest BCUT2D eigenvalue weighted by atomic mass is 16.5. The van der Waals surface area contributed by atoms with Crippen molar-refractivity contribution >= 4 is 5.97 Å². The molecule has 1 aromatic heterocycles. The molecule has 2 atom stereocenters. The molecule has 0 saturated carbocycles. The van der Waals surface area contributed by atoms with Gasteiger partial charge in [-0.2, -0.15) is 0 Å². The Kier molecular flexibility index (Phi) is 6.61. The number of nitrogens with zero attached hydrogens (tertiary/aromatic N) is 3. The molecule has 0 spiro atoms. The fourth-order valence-corrected chi connectivity index (χ4v) is 3.30. The Bertz CT molecular complexity index is 755. The molecule has 0 amide bonds. The van der Waals surface area contributed by atoms with Crippen LogP contribution in [0.5, 0.6) is 0 Å². The van der Waals surface area contributed by atoms with Crippen LogP contribution in [0.25, 0.3) is 0 Å². The number of carbonyl (C=O) groups excluding carboxylic acids is 1. The zero-order valence-electron chi connectivity index (χ0n) is 16.5. The summed E-state index contributed by atoms with van der Waals surface area (Å²) in [5, 5.41) is 8.54. The van der Waals surface area contributed by atoms with Crippen molar-refractivity contribution in [3.63, 3.8) is 0 Å². The van der Waals surface area contributed by atoms with Gasteiger partial charge in [-0.05, 0) is 50.3 Å². The molecule has 0 bridgehead atoms. The summed E-state index contributed by atoms with van der Waals surface area (Å²) in [5.74, 6) is -0.277. The van der Waals surface area contributed by atoms with Crippen LogP contribution in [0.1, 0.15) is 79.4 Å². The number of aryl methyl sites for hydroxylation is 1. The van der Waals surface area contributed by atoms with Crippen LogP contribution in [0.4, 0.5) is 0 Å². The van der Waals surface area contributed by atoms with E-state index in [1.54, 1.807) is 12.1 Å². The van der Waals surface area contributed by atoms with Gasteiger partial charge >= 0.3 is 5.97 Å². The number of rotatable bonds is 6. The van der Waals surface area contributed by atoms with Gasteiger partial charge in [0.2, 0.25) is 0 Å². The number of ether oxygens (including phenoxy) is 2. The zero-order valence-corrected chi connectivity index (χ0v) is 16.5. The van der Waals surface area contributed by atoms with Crippen molar-refractivity contribution in [2.24, 2.45) is 7.05 Å². The van der Waals surface area contributed by atoms with Gasteiger partial charge in [-0.25, -0.2) is 4.79 Å². The van der Waals surface area contributed by atoms with Crippen LogP contribution in [0.3, 0.4) is 0 Å². The molecule has 0 radical (unpaired) electrons. The fraction of sp³-hybridized carbons (Fsp3) is 0.571. The van der Waals surface area contributed by atoms with Crippen molar-refractivity contribution in [3.05, 3.63) is 46.8 Å². The first-order valence-electron chi connectivity index (χ1n) is 9.88. The van der Waals surface area contributed by atoms with Crippen molar-refractivity contribution < 1.29 is 14.3 Å². The second-order valence-corrected chi connectivity index (χ2v) is 7.27. The zero-order chi connectivity index (χ0) is 19.2. The third-order valence-corrected chi connectivity index (χ3v) is 5.18. The fourth-order valence-electron chi connectivity index (χ4n) is 3.30. The Labute approximate surface area is 160 Å². The molecule has 6 heteroatoms. The lowest BCUT2D eigenvalue weighted by Gasteiger charge is -2.20. The average molecular weight is 371 g/mol. The van der Waals surface area contributed by atoms with Crippen LogP contribution in [0.15, 0.2) is 24.3 Å². The molecule has 1 aliphatic carbocycles. The van der Waals surface area contributed by atoms with E-state index < -0.39 is 0 Å². The van der Waals surface area contributed by atoms with Crippen molar-refractivity contribution in [1.29, 1.82) is 0 Å². The van der Waals surface area contributed by atoms with Gasteiger partial charge in [0.25, 0.3) is 0 Å². The summed E-state index contributed by atoms with van der Waals surface area (Å²) in [6.45, 7) is 4.38. The predicted octanol–water partition coefficient (Wildman–Crippen LogP) is 4.14. The Balaban J connectivity index is 1.62. The summed E-state index contributed by atoms with van der Waals surface area (Å²) < 4.78 is 13.4. The van der Waals surface area contributed by atoms with E-state index in [9.17, 15) is 4.79 Å². The van der Waals surface area contributed by atoms with E-state index in [0.717, 1.165) is 36.9 Å². The molecule has 2 aromatic rings. The third kappa shape index (κ3) is 4.95. The molecule has 27 heavy (non-hydrogen) atoms. The summed E-state index contributed by atoms with van der Waals surface area (Å²) in [6.07, 6.45) is 6.21. The van der Waals surface area contributed by atoms with Crippen LogP contribution in [0, 0.1) is 0 Å². The lowest BCUT2D eigenvalue weighted by Crippen LogP contribution is -2.14. The first-order chi connectivity index (χ1) is 13.1. The quantitative estimate of drug-likeness (QED) is 0.714. The largest absolute Gasteiger partial charge is 0.459 e. The van der Waals surface area contributed by atoms with Crippen LogP contribution in [-0.4, -0.2) is 27.1 Å². The molecular formula is C21H29N3O3. The van der Waals surface area contributed by atoms with E-state index in [0.29, 0.717) is 12.2 Å². The SMILES string of the molecule is CCC(C)OC(=O)c1ccc(COC2CCCCCc3c2nnn3C)cc1. The van der Waals surface area contributed by atoms with E-state index in [-0.39, 0.29) is 18.2 Å². The second kappa shape index (κ2) is 9.13. The smallest absolute Gasteiger partial charge is 0.338 e. The Hall–Kier alpha value is -2.21. The van der Waals surface area contributed by atoms with Crippen LogP contribution >= 0.6 is 0 Å². The molecule has 2 unspecified atom stereocenters. The number of esters is 1. The first-order valence-corrected chi connectivity index (χ1v) is 9.88. The molecule has 0 saturated heterocycles. The van der Waals surface area contributed by atoms with Crippen LogP contribution < -0.4 is 0 Å². The number of hydrogen-bond donors (Lipinski definition) is 0. The van der Waals surface area contributed by atoms with Gasteiger partial charge in [-0.15, -0.1) is 5.10 Å². The van der Waals surface area contributed by atoms with Gasteiger partial charge in [-0.3, -0.25) is 4.68 Å². The highest BCUT2D eigenvalue weighted by molar-refractivity contribution is 5.89. The Morgan fingerprint density at radius 3 is 2.78 bits per heavy atom. The minimum atomic E-state index is -0.277.